The van der Waals surface area contributed by atoms with Gasteiger partial charge in [0.15, 0.2) is 0 Å². The number of hydrogen-bond acceptors (Lipinski definition) is 5. The van der Waals surface area contributed by atoms with Crippen LogP contribution in [0.2, 0.25) is 0 Å². The molecule has 5 heteroatoms. The van der Waals surface area contributed by atoms with Crippen molar-refractivity contribution in [2.24, 2.45) is 22.7 Å². The fraction of sp³-hybridized carbons (Fsp3) is 0.762. The average Bonchev–Trinajstić information content (AvgIpc) is 3.04. The normalized spacial score (nSPS) is 41.4. The van der Waals surface area contributed by atoms with Crippen LogP contribution in [-0.2, 0) is 14.3 Å². The second-order valence-corrected chi connectivity index (χ2v) is 8.74. The lowest BCUT2D eigenvalue weighted by molar-refractivity contribution is -0.155. The van der Waals surface area contributed by atoms with Gasteiger partial charge in [0, 0.05) is 12.5 Å². The molecule has 0 aromatic carbocycles. The maximum absolute atomic E-state index is 12.0. The minimum atomic E-state index is -0.500. The summed E-state index contributed by atoms with van der Waals surface area (Å²) in [4.78, 5) is 12.0. The molecule has 1 heterocycles. The van der Waals surface area contributed by atoms with Crippen molar-refractivity contribution in [3.8, 4) is 0 Å². The number of ether oxygens (including phenoxy) is 2. The van der Waals surface area contributed by atoms with Crippen LogP contribution < -0.4 is 0 Å². The molecule has 0 radical (unpaired) electrons. The minimum absolute atomic E-state index is 0.0151. The minimum Gasteiger partial charge on any atom is -0.458 e. The average molecular weight is 364 g/mol. The van der Waals surface area contributed by atoms with E-state index in [2.05, 4.69) is 13.5 Å². The van der Waals surface area contributed by atoms with E-state index in [1.54, 1.807) is 7.11 Å². The standard InChI is InChI=1S/C21H32O5/c1-13-5-6-17-20(2,9-7-18(23)21(17,3)12-22)15(13)11-16(25-4)14-8-10-26-19(14)24/h8,15-18,22-23H,1,5-7,9-12H2,2-4H3/t15-,16?,17+,18-,20+,21+/m1/s1. The zero-order valence-electron chi connectivity index (χ0n) is 16.2. The first-order chi connectivity index (χ1) is 12.3. The van der Waals surface area contributed by atoms with Crippen LogP contribution in [0.25, 0.3) is 0 Å². The van der Waals surface area contributed by atoms with Gasteiger partial charge in [0.2, 0.25) is 0 Å². The molecular formula is C21H32O5. The van der Waals surface area contributed by atoms with Crippen LogP contribution in [0.1, 0.15) is 46.0 Å². The number of aliphatic hydroxyl groups is 2. The number of rotatable bonds is 5. The fourth-order valence-electron chi connectivity index (χ4n) is 5.84. The highest BCUT2D eigenvalue weighted by Crippen LogP contribution is 2.62. The van der Waals surface area contributed by atoms with Crippen molar-refractivity contribution in [2.45, 2.75) is 58.2 Å². The van der Waals surface area contributed by atoms with Crippen molar-refractivity contribution in [3.63, 3.8) is 0 Å². The van der Waals surface area contributed by atoms with E-state index < -0.39 is 11.5 Å². The molecule has 6 atom stereocenters. The number of cyclic esters (lactones) is 1. The van der Waals surface area contributed by atoms with Crippen molar-refractivity contribution in [1.29, 1.82) is 0 Å². The molecule has 5 nitrogen and oxygen atoms in total. The molecule has 0 amide bonds. The van der Waals surface area contributed by atoms with E-state index in [1.165, 1.54) is 5.57 Å². The van der Waals surface area contributed by atoms with E-state index in [0.717, 1.165) is 19.3 Å². The number of carbonyl (C=O) groups is 1. The van der Waals surface area contributed by atoms with Crippen LogP contribution in [-0.4, -0.2) is 48.7 Å². The van der Waals surface area contributed by atoms with Gasteiger partial charge in [-0.3, -0.25) is 0 Å². The first-order valence-corrected chi connectivity index (χ1v) is 9.64. The highest BCUT2D eigenvalue weighted by Gasteiger charge is 2.58. The zero-order valence-corrected chi connectivity index (χ0v) is 16.2. The van der Waals surface area contributed by atoms with E-state index >= 15 is 0 Å². The number of fused-ring (bicyclic) bond motifs is 1. The molecule has 2 N–H and O–H groups in total. The summed E-state index contributed by atoms with van der Waals surface area (Å²) in [6, 6.07) is 0. The lowest BCUT2D eigenvalue weighted by atomic mass is 9.46. The number of methoxy groups -OCH3 is 1. The first kappa shape index (κ1) is 19.6. The predicted molar refractivity (Wildman–Crippen MR) is 98.4 cm³/mol. The summed E-state index contributed by atoms with van der Waals surface area (Å²) >= 11 is 0. The summed E-state index contributed by atoms with van der Waals surface area (Å²) in [5, 5.41) is 20.7. The van der Waals surface area contributed by atoms with Crippen LogP contribution in [0.3, 0.4) is 0 Å². The molecule has 1 unspecified atom stereocenters. The number of aliphatic hydroxyl groups excluding tert-OH is 2. The van der Waals surface area contributed by atoms with Gasteiger partial charge in [0.05, 0.1) is 24.4 Å². The molecule has 2 fully saturated rings. The number of esters is 1. The van der Waals surface area contributed by atoms with Gasteiger partial charge in [-0.15, -0.1) is 0 Å². The summed E-state index contributed by atoms with van der Waals surface area (Å²) in [6.07, 6.45) is 5.08. The Morgan fingerprint density at radius 1 is 1.42 bits per heavy atom. The molecule has 2 saturated carbocycles. The van der Waals surface area contributed by atoms with Crippen molar-refractivity contribution in [1.82, 2.24) is 0 Å². The highest BCUT2D eigenvalue weighted by molar-refractivity contribution is 5.91. The molecule has 0 aromatic rings. The molecule has 0 spiro atoms. The van der Waals surface area contributed by atoms with Crippen LogP contribution in [0.15, 0.2) is 23.8 Å². The van der Waals surface area contributed by atoms with Gasteiger partial charge in [-0.25, -0.2) is 4.79 Å². The second kappa shape index (κ2) is 7.10. The molecular weight excluding hydrogens is 332 g/mol. The highest BCUT2D eigenvalue weighted by atomic mass is 16.5. The van der Waals surface area contributed by atoms with E-state index in [-0.39, 0.29) is 35.9 Å². The molecule has 0 bridgehead atoms. The summed E-state index contributed by atoms with van der Waals surface area (Å²) in [5.74, 6) is 0.0966. The predicted octanol–water partition coefficient (Wildman–Crippen LogP) is 2.62. The summed E-state index contributed by atoms with van der Waals surface area (Å²) in [6.45, 7) is 8.91. The quantitative estimate of drug-likeness (QED) is 0.579. The third kappa shape index (κ3) is 2.94. The number of hydrogen-bond donors (Lipinski definition) is 2. The van der Waals surface area contributed by atoms with E-state index in [1.807, 2.05) is 13.0 Å². The van der Waals surface area contributed by atoms with Crippen LogP contribution in [0.4, 0.5) is 0 Å². The molecule has 3 aliphatic rings. The van der Waals surface area contributed by atoms with Gasteiger partial charge in [0.25, 0.3) is 0 Å². The van der Waals surface area contributed by atoms with Gasteiger partial charge in [-0.2, -0.15) is 0 Å². The van der Waals surface area contributed by atoms with Crippen molar-refractivity contribution < 1.29 is 24.5 Å². The number of carbonyl (C=O) groups excluding carboxylic acids is 1. The Labute approximate surface area is 156 Å². The maximum Gasteiger partial charge on any atom is 0.336 e. The maximum atomic E-state index is 12.0. The van der Waals surface area contributed by atoms with Gasteiger partial charge in [-0.1, -0.05) is 26.0 Å². The lowest BCUT2D eigenvalue weighted by Gasteiger charge is -2.60. The molecule has 0 aromatic heterocycles. The van der Waals surface area contributed by atoms with Crippen LogP contribution in [0, 0.1) is 22.7 Å². The molecule has 0 saturated heterocycles. The van der Waals surface area contributed by atoms with Gasteiger partial charge in [0.1, 0.15) is 6.61 Å². The Hall–Kier alpha value is -1.17. The van der Waals surface area contributed by atoms with Crippen molar-refractivity contribution in [3.05, 3.63) is 23.8 Å². The van der Waals surface area contributed by atoms with Crippen LogP contribution in [0.5, 0.6) is 0 Å². The Balaban J connectivity index is 1.90. The van der Waals surface area contributed by atoms with Crippen LogP contribution >= 0.6 is 0 Å². The lowest BCUT2D eigenvalue weighted by Crippen LogP contribution is -2.57. The Bertz CT molecular complexity index is 612. The van der Waals surface area contributed by atoms with E-state index in [4.69, 9.17) is 9.47 Å². The zero-order chi connectivity index (χ0) is 19.1. The molecule has 2 aliphatic carbocycles. The van der Waals surface area contributed by atoms with Crippen molar-refractivity contribution in [2.75, 3.05) is 20.3 Å². The van der Waals surface area contributed by atoms with Gasteiger partial charge < -0.3 is 19.7 Å². The summed E-state index contributed by atoms with van der Waals surface area (Å²) < 4.78 is 10.7. The van der Waals surface area contributed by atoms with Gasteiger partial charge >= 0.3 is 5.97 Å². The molecule has 3 rings (SSSR count). The Kier molecular flexibility index (Phi) is 5.35. The topological polar surface area (TPSA) is 76.0 Å². The van der Waals surface area contributed by atoms with Gasteiger partial charge in [-0.05, 0) is 55.4 Å². The first-order valence-electron chi connectivity index (χ1n) is 9.64. The smallest absolute Gasteiger partial charge is 0.336 e. The summed E-state index contributed by atoms with van der Waals surface area (Å²) in [7, 11) is 1.63. The monoisotopic (exact) mass is 364 g/mol. The third-order valence-corrected chi connectivity index (χ3v) is 7.53. The van der Waals surface area contributed by atoms with Crippen molar-refractivity contribution >= 4 is 5.97 Å². The summed E-state index contributed by atoms with van der Waals surface area (Å²) in [5.41, 5.74) is 1.22. The molecule has 26 heavy (non-hydrogen) atoms. The Morgan fingerprint density at radius 2 is 2.15 bits per heavy atom. The third-order valence-electron chi connectivity index (χ3n) is 7.53. The van der Waals surface area contributed by atoms with E-state index in [9.17, 15) is 15.0 Å². The second-order valence-electron chi connectivity index (χ2n) is 8.74. The number of allylic oxidation sites excluding steroid dienone is 1. The molecule has 1 aliphatic heterocycles. The largest absolute Gasteiger partial charge is 0.458 e. The SMILES string of the molecule is C=C1CC[C@@H]2[C@](C)(CO)[C@H](O)CC[C@@]2(C)[C@@H]1CC(OC)C1=CCOC1=O. The fourth-order valence-corrected chi connectivity index (χ4v) is 5.84. The molecule has 146 valence electrons. The Morgan fingerprint density at radius 3 is 2.73 bits per heavy atom. The van der Waals surface area contributed by atoms with E-state index in [0.29, 0.717) is 25.0 Å².